The van der Waals surface area contributed by atoms with E-state index in [1.807, 2.05) is 0 Å². The molecule has 20 heavy (non-hydrogen) atoms. The Morgan fingerprint density at radius 1 is 1.30 bits per heavy atom. The van der Waals surface area contributed by atoms with Gasteiger partial charge in [0.15, 0.2) is 0 Å². The summed E-state index contributed by atoms with van der Waals surface area (Å²) in [5, 5.41) is 7.63. The summed E-state index contributed by atoms with van der Waals surface area (Å²) in [6, 6.07) is 3.41. The van der Waals surface area contributed by atoms with Crippen molar-refractivity contribution < 1.29 is 17.6 Å². The van der Waals surface area contributed by atoms with E-state index in [4.69, 9.17) is 4.42 Å². The zero-order valence-electron chi connectivity index (χ0n) is 10.4. The van der Waals surface area contributed by atoms with Gasteiger partial charge in [0.25, 0.3) is 0 Å². The zero-order valence-corrected chi connectivity index (χ0v) is 10.4. The highest BCUT2D eigenvalue weighted by atomic mass is 19.4. The molecule has 0 fully saturated rings. The average Bonchev–Trinajstić information content (AvgIpc) is 2.95. The average molecular weight is 281 g/mol. The molecule has 3 aromatic rings. The highest BCUT2D eigenvalue weighted by molar-refractivity contribution is 5.92. The van der Waals surface area contributed by atoms with Crippen molar-refractivity contribution >= 4 is 22.3 Å². The van der Waals surface area contributed by atoms with E-state index in [0.29, 0.717) is 11.1 Å². The molecule has 0 unspecified atom stereocenters. The number of nitrogens with one attached hydrogen (secondary N) is 1. The van der Waals surface area contributed by atoms with Gasteiger partial charge in [-0.2, -0.15) is 18.3 Å². The molecule has 0 saturated heterocycles. The zero-order chi connectivity index (χ0) is 14.3. The predicted octanol–water partition coefficient (Wildman–Crippen LogP) is 3.93. The number of nitrogens with zero attached hydrogens (tertiary/aromatic N) is 2. The van der Waals surface area contributed by atoms with Gasteiger partial charge in [0.2, 0.25) is 0 Å². The molecule has 0 spiro atoms. The fourth-order valence-electron chi connectivity index (χ4n) is 1.94. The number of rotatable bonds is 2. The lowest BCUT2D eigenvalue weighted by atomic mass is 10.1. The maximum atomic E-state index is 12.6. The van der Waals surface area contributed by atoms with Crippen molar-refractivity contribution in [2.75, 3.05) is 5.32 Å². The van der Waals surface area contributed by atoms with Crippen molar-refractivity contribution in [1.82, 2.24) is 9.78 Å². The Labute approximate surface area is 111 Å². The third-order valence-corrected chi connectivity index (χ3v) is 2.89. The van der Waals surface area contributed by atoms with Gasteiger partial charge in [-0.1, -0.05) is 0 Å². The number of anilines is 2. The number of halogens is 3. The lowest BCUT2D eigenvalue weighted by Gasteiger charge is -2.06. The van der Waals surface area contributed by atoms with Crippen molar-refractivity contribution in [2.45, 2.75) is 6.18 Å². The van der Waals surface area contributed by atoms with Gasteiger partial charge in [0, 0.05) is 18.6 Å². The number of alkyl halides is 3. The number of hydrogen-bond donors (Lipinski definition) is 1. The van der Waals surface area contributed by atoms with Crippen LogP contribution in [0.25, 0.3) is 11.0 Å². The molecule has 2 heterocycles. The van der Waals surface area contributed by atoms with Crippen LogP contribution >= 0.6 is 0 Å². The topological polar surface area (TPSA) is 43.0 Å². The van der Waals surface area contributed by atoms with Crippen LogP contribution in [0.15, 0.2) is 41.3 Å². The second-order valence-corrected chi connectivity index (χ2v) is 4.39. The quantitative estimate of drug-likeness (QED) is 0.774. The van der Waals surface area contributed by atoms with Gasteiger partial charge in [-0.05, 0) is 18.2 Å². The van der Waals surface area contributed by atoms with E-state index < -0.39 is 11.7 Å². The van der Waals surface area contributed by atoms with E-state index >= 15 is 0 Å². The summed E-state index contributed by atoms with van der Waals surface area (Å²) < 4.78 is 44.6. The van der Waals surface area contributed by atoms with Crippen LogP contribution < -0.4 is 5.32 Å². The summed E-state index contributed by atoms with van der Waals surface area (Å²) >= 11 is 0. The number of aryl methyl sites for hydroxylation is 1. The summed E-state index contributed by atoms with van der Waals surface area (Å²) in [6.07, 6.45) is 0.377. The summed E-state index contributed by atoms with van der Waals surface area (Å²) in [4.78, 5) is 0. The van der Waals surface area contributed by atoms with Gasteiger partial charge >= 0.3 is 6.18 Å². The Morgan fingerprint density at radius 3 is 2.75 bits per heavy atom. The smallest absolute Gasteiger partial charge is 0.416 e. The van der Waals surface area contributed by atoms with E-state index in [1.165, 1.54) is 12.3 Å². The minimum absolute atomic E-state index is 0.186. The molecule has 1 aromatic carbocycles. The standard InChI is InChI=1S/C13H10F3N3O/c1-19-6-9(5-17-19)18-11-7-20-12-4-8(13(14,15)16)2-3-10(11)12/h2-7,18H,1H3. The molecule has 1 N–H and O–H groups in total. The molecule has 2 aromatic heterocycles. The van der Waals surface area contributed by atoms with Crippen LogP contribution in [-0.2, 0) is 13.2 Å². The first-order valence-electron chi connectivity index (χ1n) is 5.77. The van der Waals surface area contributed by atoms with Crippen molar-refractivity contribution in [2.24, 2.45) is 7.05 Å². The Bertz CT molecular complexity index is 758. The maximum Gasteiger partial charge on any atom is 0.416 e. The first kappa shape index (κ1) is 12.6. The lowest BCUT2D eigenvalue weighted by molar-refractivity contribution is -0.137. The Morgan fingerprint density at radius 2 is 2.10 bits per heavy atom. The summed E-state index contributed by atoms with van der Waals surface area (Å²) in [5.74, 6) is 0. The van der Waals surface area contributed by atoms with Crippen LogP contribution in [0.4, 0.5) is 24.5 Å². The predicted molar refractivity (Wildman–Crippen MR) is 67.7 cm³/mol. The number of furan rings is 1. The Hall–Kier alpha value is -2.44. The summed E-state index contributed by atoms with van der Waals surface area (Å²) in [7, 11) is 1.77. The van der Waals surface area contributed by atoms with E-state index in [9.17, 15) is 13.2 Å². The van der Waals surface area contributed by atoms with Gasteiger partial charge in [0.1, 0.15) is 11.8 Å². The Kier molecular flexibility index (Phi) is 2.70. The SMILES string of the molecule is Cn1cc(Nc2coc3cc(C(F)(F)F)ccc23)cn1. The molecule has 0 aliphatic carbocycles. The van der Waals surface area contributed by atoms with Crippen LogP contribution in [0.3, 0.4) is 0 Å². The van der Waals surface area contributed by atoms with Crippen LogP contribution in [0.1, 0.15) is 5.56 Å². The molecular weight excluding hydrogens is 271 g/mol. The summed E-state index contributed by atoms with van der Waals surface area (Å²) in [5.41, 5.74) is 0.787. The van der Waals surface area contributed by atoms with Gasteiger partial charge in [0.05, 0.1) is 23.1 Å². The molecule has 0 bridgehead atoms. The highest BCUT2D eigenvalue weighted by Gasteiger charge is 2.31. The largest absolute Gasteiger partial charge is 0.462 e. The van der Waals surface area contributed by atoms with Crippen molar-refractivity contribution in [3.63, 3.8) is 0 Å². The molecule has 0 atom stereocenters. The van der Waals surface area contributed by atoms with Crippen molar-refractivity contribution in [3.8, 4) is 0 Å². The molecule has 4 nitrogen and oxygen atoms in total. The van der Waals surface area contributed by atoms with Crippen LogP contribution in [-0.4, -0.2) is 9.78 Å². The van der Waals surface area contributed by atoms with Gasteiger partial charge in [-0.15, -0.1) is 0 Å². The monoisotopic (exact) mass is 281 g/mol. The first-order valence-corrected chi connectivity index (χ1v) is 5.77. The van der Waals surface area contributed by atoms with Crippen molar-refractivity contribution in [3.05, 3.63) is 42.4 Å². The molecule has 0 radical (unpaired) electrons. The molecule has 0 amide bonds. The molecule has 0 aliphatic heterocycles. The number of aromatic nitrogens is 2. The van der Waals surface area contributed by atoms with E-state index in [0.717, 1.165) is 17.8 Å². The molecular formula is C13H10F3N3O. The highest BCUT2D eigenvalue weighted by Crippen LogP contribution is 2.35. The normalized spacial score (nSPS) is 12.0. The minimum Gasteiger partial charge on any atom is -0.462 e. The molecule has 3 rings (SSSR count). The van der Waals surface area contributed by atoms with E-state index in [-0.39, 0.29) is 5.58 Å². The fourth-order valence-corrected chi connectivity index (χ4v) is 1.94. The van der Waals surface area contributed by atoms with Gasteiger partial charge < -0.3 is 9.73 Å². The second kappa shape index (κ2) is 4.29. The minimum atomic E-state index is -4.38. The van der Waals surface area contributed by atoms with E-state index in [2.05, 4.69) is 10.4 Å². The molecule has 0 saturated carbocycles. The Balaban J connectivity index is 1.98. The number of hydrogen-bond acceptors (Lipinski definition) is 3. The molecule has 7 heteroatoms. The van der Waals surface area contributed by atoms with Gasteiger partial charge in [-0.25, -0.2) is 0 Å². The molecule has 104 valence electrons. The number of fused-ring (bicyclic) bond motifs is 1. The number of benzene rings is 1. The van der Waals surface area contributed by atoms with E-state index in [1.54, 1.807) is 24.1 Å². The van der Waals surface area contributed by atoms with Crippen LogP contribution in [0.2, 0.25) is 0 Å². The third-order valence-electron chi connectivity index (χ3n) is 2.89. The van der Waals surface area contributed by atoms with Crippen LogP contribution in [0.5, 0.6) is 0 Å². The van der Waals surface area contributed by atoms with Gasteiger partial charge in [-0.3, -0.25) is 4.68 Å². The second-order valence-electron chi connectivity index (χ2n) is 4.39. The van der Waals surface area contributed by atoms with Crippen LogP contribution in [0, 0.1) is 0 Å². The first-order chi connectivity index (χ1) is 9.43. The fraction of sp³-hybridized carbons (Fsp3) is 0.154. The van der Waals surface area contributed by atoms with Crippen molar-refractivity contribution in [1.29, 1.82) is 0 Å². The lowest BCUT2D eigenvalue weighted by Crippen LogP contribution is -2.03. The summed E-state index contributed by atoms with van der Waals surface area (Å²) in [6.45, 7) is 0. The maximum absolute atomic E-state index is 12.6. The molecule has 0 aliphatic rings. The third kappa shape index (κ3) is 2.22.